The van der Waals surface area contributed by atoms with Crippen LogP contribution in [0.15, 0.2) is 4.99 Å². The van der Waals surface area contributed by atoms with Gasteiger partial charge in [-0.3, -0.25) is 9.69 Å². The van der Waals surface area contributed by atoms with E-state index < -0.39 is 0 Å². The minimum Gasteiger partial charge on any atom is -0.381 e. The zero-order valence-electron chi connectivity index (χ0n) is 8.32. The lowest BCUT2D eigenvalue weighted by Crippen LogP contribution is -2.51. The molecule has 2 aliphatic rings. The molecular formula is C9H15N3O2. The number of hydrogen-bond acceptors (Lipinski definition) is 4. The minimum absolute atomic E-state index is 0.0550. The van der Waals surface area contributed by atoms with Crippen LogP contribution in [-0.4, -0.2) is 42.6 Å². The van der Waals surface area contributed by atoms with Crippen molar-refractivity contribution in [3.63, 3.8) is 0 Å². The van der Waals surface area contributed by atoms with Gasteiger partial charge in [-0.1, -0.05) is 0 Å². The molecule has 2 heterocycles. The molecule has 0 unspecified atom stereocenters. The van der Waals surface area contributed by atoms with Crippen LogP contribution in [0.3, 0.4) is 0 Å². The fourth-order valence-electron chi connectivity index (χ4n) is 1.93. The SMILES string of the molecule is CN1C(=O)CC2(CCOCC2)N=C1N. The quantitative estimate of drug-likeness (QED) is 0.580. The van der Waals surface area contributed by atoms with Crippen LogP contribution in [0.4, 0.5) is 0 Å². The van der Waals surface area contributed by atoms with Crippen molar-refractivity contribution >= 4 is 11.9 Å². The van der Waals surface area contributed by atoms with Gasteiger partial charge in [0.2, 0.25) is 5.91 Å². The van der Waals surface area contributed by atoms with Gasteiger partial charge in [0.05, 0.1) is 12.0 Å². The fourth-order valence-corrected chi connectivity index (χ4v) is 1.93. The molecule has 0 atom stereocenters. The Kier molecular flexibility index (Phi) is 2.19. The zero-order chi connectivity index (χ0) is 10.2. The number of hydrogen-bond donors (Lipinski definition) is 1. The third-order valence-electron chi connectivity index (χ3n) is 2.97. The van der Waals surface area contributed by atoms with E-state index >= 15 is 0 Å². The Morgan fingerprint density at radius 3 is 2.71 bits per heavy atom. The molecule has 0 aromatic heterocycles. The first-order valence-corrected chi connectivity index (χ1v) is 4.83. The van der Waals surface area contributed by atoms with Crippen molar-refractivity contribution in [1.82, 2.24) is 4.90 Å². The average molecular weight is 197 g/mol. The van der Waals surface area contributed by atoms with E-state index in [2.05, 4.69) is 4.99 Å². The predicted octanol–water partition coefficient (Wildman–Crippen LogP) is -0.288. The molecular weight excluding hydrogens is 182 g/mol. The van der Waals surface area contributed by atoms with E-state index in [1.807, 2.05) is 0 Å². The monoisotopic (exact) mass is 197 g/mol. The number of nitrogens with zero attached hydrogens (tertiary/aromatic N) is 2. The Labute approximate surface area is 82.9 Å². The van der Waals surface area contributed by atoms with Gasteiger partial charge in [0.15, 0.2) is 5.96 Å². The van der Waals surface area contributed by atoms with Crippen LogP contribution in [0.1, 0.15) is 19.3 Å². The molecule has 1 saturated heterocycles. The Morgan fingerprint density at radius 1 is 1.50 bits per heavy atom. The molecule has 0 saturated carbocycles. The maximum Gasteiger partial charge on any atom is 0.231 e. The lowest BCUT2D eigenvalue weighted by molar-refractivity contribution is -0.129. The molecule has 0 aromatic carbocycles. The van der Waals surface area contributed by atoms with E-state index in [0.29, 0.717) is 25.6 Å². The third kappa shape index (κ3) is 1.48. The molecule has 2 N–H and O–H groups in total. The Bertz CT molecular complexity index is 282. The van der Waals surface area contributed by atoms with Crippen LogP contribution in [0.25, 0.3) is 0 Å². The maximum absolute atomic E-state index is 11.6. The van der Waals surface area contributed by atoms with Crippen LogP contribution in [0.5, 0.6) is 0 Å². The molecule has 1 amide bonds. The van der Waals surface area contributed by atoms with E-state index in [4.69, 9.17) is 10.5 Å². The largest absolute Gasteiger partial charge is 0.381 e. The first-order chi connectivity index (χ1) is 6.63. The number of aliphatic imine (C=N–C) groups is 1. The normalized spacial score (nSPS) is 26.5. The second-order valence-electron chi connectivity index (χ2n) is 3.94. The molecule has 0 aliphatic carbocycles. The molecule has 14 heavy (non-hydrogen) atoms. The number of nitrogens with two attached hydrogens (primary N) is 1. The van der Waals surface area contributed by atoms with E-state index in [1.165, 1.54) is 4.90 Å². The second kappa shape index (κ2) is 3.24. The summed E-state index contributed by atoms with van der Waals surface area (Å²) < 4.78 is 5.26. The van der Waals surface area contributed by atoms with E-state index in [1.54, 1.807) is 7.05 Å². The summed E-state index contributed by atoms with van der Waals surface area (Å²) in [7, 11) is 1.66. The topological polar surface area (TPSA) is 67.9 Å². The maximum atomic E-state index is 11.6. The first-order valence-electron chi connectivity index (χ1n) is 4.83. The van der Waals surface area contributed by atoms with Crippen molar-refractivity contribution < 1.29 is 9.53 Å². The number of carbonyl (C=O) groups is 1. The Balaban J connectivity index is 2.24. The molecule has 1 spiro atoms. The van der Waals surface area contributed by atoms with Crippen LogP contribution < -0.4 is 5.73 Å². The molecule has 0 radical (unpaired) electrons. The summed E-state index contributed by atoms with van der Waals surface area (Å²) in [5, 5.41) is 0. The van der Waals surface area contributed by atoms with Crippen molar-refractivity contribution in [3.8, 4) is 0 Å². The summed E-state index contributed by atoms with van der Waals surface area (Å²) in [4.78, 5) is 17.4. The fraction of sp³-hybridized carbons (Fsp3) is 0.778. The third-order valence-corrected chi connectivity index (χ3v) is 2.97. The molecule has 5 heteroatoms. The van der Waals surface area contributed by atoms with Crippen molar-refractivity contribution in [3.05, 3.63) is 0 Å². The lowest BCUT2D eigenvalue weighted by Gasteiger charge is -2.38. The number of guanidine groups is 1. The predicted molar refractivity (Wildman–Crippen MR) is 51.8 cm³/mol. The number of rotatable bonds is 0. The van der Waals surface area contributed by atoms with Crippen molar-refractivity contribution in [2.45, 2.75) is 24.8 Å². The van der Waals surface area contributed by atoms with Crippen LogP contribution in [0.2, 0.25) is 0 Å². The lowest BCUT2D eigenvalue weighted by atomic mass is 9.86. The molecule has 0 aromatic rings. The number of ether oxygens (including phenoxy) is 1. The van der Waals surface area contributed by atoms with Gasteiger partial charge < -0.3 is 10.5 Å². The second-order valence-corrected chi connectivity index (χ2v) is 3.94. The van der Waals surface area contributed by atoms with Crippen LogP contribution in [-0.2, 0) is 9.53 Å². The smallest absolute Gasteiger partial charge is 0.231 e. The van der Waals surface area contributed by atoms with Crippen molar-refractivity contribution in [1.29, 1.82) is 0 Å². The molecule has 0 bridgehead atoms. The summed E-state index contributed by atoms with van der Waals surface area (Å²) in [6.45, 7) is 1.35. The van der Waals surface area contributed by atoms with Gasteiger partial charge in [0.1, 0.15) is 0 Å². The molecule has 5 nitrogen and oxygen atoms in total. The molecule has 1 fully saturated rings. The highest BCUT2D eigenvalue weighted by Crippen LogP contribution is 2.31. The van der Waals surface area contributed by atoms with Crippen LogP contribution in [0, 0.1) is 0 Å². The zero-order valence-corrected chi connectivity index (χ0v) is 8.32. The number of carbonyl (C=O) groups excluding carboxylic acids is 1. The standard InChI is InChI=1S/C9H15N3O2/c1-12-7(13)6-9(11-8(12)10)2-4-14-5-3-9/h2-6H2,1H3,(H2,10,11). The van der Waals surface area contributed by atoms with Gasteiger partial charge >= 0.3 is 0 Å². The first kappa shape index (κ1) is 9.45. The van der Waals surface area contributed by atoms with Crippen molar-refractivity contribution in [2.24, 2.45) is 10.7 Å². The highest BCUT2D eigenvalue weighted by molar-refractivity contribution is 5.98. The Morgan fingerprint density at radius 2 is 2.14 bits per heavy atom. The van der Waals surface area contributed by atoms with Gasteiger partial charge in [-0.15, -0.1) is 0 Å². The molecule has 78 valence electrons. The molecule has 2 rings (SSSR count). The van der Waals surface area contributed by atoms with Gasteiger partial charge in [-0.2, -0.15) is 0 Å². The highest BCUT2D eigenvalue weighted by Gasteiger charge is 2.39. The summed E-state index contributed by atoms with van der Waals surface area (Å²) >= 11 is 0. The highest BCUT2D eigenvalue weighted by atomic mass is 16.5. The summed E-state index contributed by atoms with van der Waals surface area (Å²) in [5.74, 6) is 0.391. The van der Waals surface area contributed by atoms with E-state index in [9.17, 15) is 4.79 Å². The average Bonchev–Trinajstić information content (AvgIpc) is 2.15. The van der Waals surface area contributed by atoms with E-state index in [0.717, 1.165) is 12.8 Å². The molecule has 2 aliphatic heterocycles. The van der Waals surface area contributed by atoms with Gasteiger partial charge in [0.25, 0.3) is 0 Å². The van der Waals surface area contributed by atoms with E-state index in [-0.39, 0.29) is 11.4 Å². The van der Waals surface area contributed by atoms with Crippen molar-refractivity contribution in [2.75, 3.05) is 20.3 Å². The Hall–Kier alpha value is -1.10. The summed E-state index contributed by atoms with van der Waals surface area (Å²) in [5.41, 5.74) is 5.42. The van der Waals surface area contributed by atoms with Gasteiger partial charge in [0, 0.05) is 20.3 Å². The minimum atomic E-state index is -0.272. The summed E-state index contributed by atoms with van der Waals surface area (Å²) in [6.07, 6.45) is 2.06. The van der Waals surface area contributed by atoms with Gasteiger partial charge in [-0.05, 0) is 12.8 Å². The summed E-state index contributed by atoms with van der Waals surface area (Å²) in [6, 6.07) is 0. The van der Waals surface area contributed by atoms with Gasteiger partial charge in [-0.25, -0.2) is 4.99 Å². The number of amides is 1. The van der Waals surface area contributed by atoms with Crippen LogP contribution >= 0.6 is 0 Å².